The van der Waals surface area contributed by atoms with Crippen molar-refractivity contribution in [2.24, 2.45) is 0 Å². The van der Waals surface area contributed by atoms with Crippen LogP contribution in [0, 0.1) is 11.3 Å². The second-order valence-electron chi connectivity index (χ2n) is 5.60. The van der Waals surface area contributed by atoms with Gasteiger partial charge < -0.3 is 9.47 Å². The fraction of sp³-hybridized carbons (Fsp3) is 0.400. The van der Waals surface area contributed by atoms with Gasteiger partial charge in [0.25, 0.3) is 0 Å². The Morgan fingerprint density at radius 2 is 1.90 bits per heavy atom. The Balaban J connectivity index is 2.69. The first-order chi connectivity index (χ1) is 9.92. The van der Waals surface area contributed by atoms with Gasteiger partial charge in [-0.1, -0.05) is 26.0 Å². The highest BCUT2D eigenvalue weighted by Crippen LogP contribution is 2.32. The summed E-state index contributed by atoms with van der Waals surface area (Å²) in [6.07, 6.45) is 0. The molecule has 1 aromatic carbocycles. The van der Waals surface area contributed by atoms with Crippen molar-refractivity contribution < 1.29 is 9.47 Å². The van der Waals surface area contributed by atoms with Crippen LogP contribution >= 0.6 is 0 Å². The maximum Gasteiger partial charge on any atom is 0.186 e. The summed E-state index contributed by atoms with van der Waals surface area (Å²) in [7, 11) is 3.18. The maximum absolute atomic E-state index is 9.23. The molecule has 0 saturated carbocycles. The highest BCUT2D eigenvalue weighted by Gasteiger charge is 2.27. The summed E-state index contributed by atoms with van der Waals surface area (Å²) in [5.74, 6) is 1.29. The monoisotopic (exact) mass is 286 g/mol. The van der Waals surface area contributed by atoms with Crippen LogP contribution in [0.25, 0.3) is 5.69 Å². The average molecular weight is 286 g/mol. The van der Waals surface area contributed by atoms with Crippen molar-refractivity contribution in [3.63, 3.8) is 0 Å². The zero-order valence-corrected chi connectivity index (χ0v) is 12.8. The topological polar surface area (TPSA) is 73.0 Å². The van der Waals surface area contributed by atoms with Crippen LogP contribution in [0.1, 0.15) is 32.2 Å². The van der Waals surface area contributed by atoms with Crippen molar-refractivity contribution >= 4 is 0 Å². The van der Waals surface area contributed by atoms with E-state index in [1.54, 1.807) is 25.0 Å². The normalized spacial score (nSPS) is 11.0. The van der Waals surface area contributed by atoms with Gasteiger partial charge in [-0.2, -0.15) is 5.26 Å². The molecule has 0 amide bonds. The second kappa shape index (κ2) is 5.44. The molecular formula is C15H18N4O2. The summed E-state index contributed by atoms with van der Waals surface area (Å²) < 4.78 is 12.2. The van der Waals surface area contributed by atoms with E-state index in [1.807, 2.05) is 32.9 Å². The SMILES string of the molecule is COc1ccc(-n2nnc(C#N)c2C(C)(C)C)c(OC)c1. The average Bonchev–Trinajstić information content (AvgIpc) is 2.90. The number of rotatable bonds is 3. The van der Waals surface area contributed by atoms with Gasteiger partial charge >= 0.3 is 0 Å². The number of benzene rings is 1. The maximum atomic E-state index is 9.23. The summed E-state index contributed by atoms with van der Waals surface area (Å²) >= 11 is 0. The van der Waals surface area contributed by atoms with E-state index in [0.717, 1.165) is 11.4 Å². The van der Waals surface area contributed by atoms with Crippen LogP contribution < -0.4 is 9.47 Å². The lowest BCUT2D eigenvalue weighted by atomic mass is 9.90. The molecule has 0 fully saturated rings. The van der Waals surface area contributed by atoms with Crippen LogP contribution in [0.3, 0.4) is 0 Å². The van der Waals surface area contributed by atoms with Crippen LogP contribution in [0.15, 0.2) is 18.2 Å². The van der Waals surface area contributed by atoms with Gasteiger partial charge in [0.15, 0.2) is 5.69 Å². The van der Waals surface area contributed by atoms with Crippen LogP contribution in [0.5, 0.6) is 11.5 Å². The van der Waals surface area contributed by atoms with E-state index < -0.39 is 0 Å². The number of ether oxygens (including phenoxy) is 2. The summed E-state index contributed by atoms with van der Waals surface area (Å²) in [5.41, 5.74) is 1.51. The van der Waals surface area contributed by atoms with Crippen molar-refractivity contribution in [1.29, 1.82) is 5.26 Å². The molecule has 6 nitrogen and oxygen atoms in total. The van der Waals surface area contributed by atoms with E-state index >= 15 is 0 Å². The summed E-state index contributed by atoms with van der Waals surface area (Å²) in [6, 6.07) is 7.52. The molecule has 0 saturated heterocycles. The molecule has 0 unspecified atom stereocenters. The minimum Gasteiger partial charge on any atom is -0.497 e. The Labute approximate surface area is 123 Å². The van der Waals surface area contributed by atoms with Gasteiger partial charge in [-0.25, -0.2) is 4.68 Å². The van der Waals surface area contributed by atoms with Crippen LogP contribution in [0.2, 0.25) is 0 Å². The summed E-state index contributed by atoms with van der Waals surface area (Å²) in [4.78, 5) is 0. The molecule has 0 spiro atoms. The third-order valence-electron chi connectivity index (χ3n) is 3.10. The number of aromatic nitrogens is 3. The first-order valence-corrected chi connectivity index (χ1v) is 6.51. The molecule has 0 radical (unpaired) electrons. The highest BCUT2D eigenvalue weighted by molar-refractivity contribution is 5.52. The number of nitriles is 1. The standard InChI is InChI=1S/C15H18N4O2/c1-15(2,3)14-11(9-16)17-18-19(14)12-7-6-10(20-4)8-13(12)21-5/h6-8H,1-5H3. The van der Waals surface area contributed by atoms with Crippen molar-refractivity contribution in [2.45, 2.75) is 26.2 Å². The van der Waals surface area contributed by atoms with Gasteiger partial charge in [0.1, 0.15) is 23.3 Å². The third kappa shape index (κ3) is 2.68. The summed E-state index contributed by atoms with van der Waals surface area (Å²) in [6.45, 7) is 6.04. The molecule has 2 aromatic rings. The quantitative estimate of drug-likeness (QED) is 0.866. The lowest BCUT2D eigenvalue weighted by molar-refractivity contribution is 0.391. The smallest absolute Gasteiger partial charge is 0.186 e. The molecular weight excluding hydrogens is 268 g/mol. The van der Waals surface area contributed by atoms with E-state index in [-0.39, 0.29) is 5.41 Å². The molecule has 0 aliphatic rings. The molecule has 6 heteroatoms. The second-order valence-corrected chi connectivity index (χ2v) is 5.60. The van der Waals surface area contributed by atoms with Crippen molar-refractivity contribution in [2.75, 3.05) is 14.2 Å². The Morgan fingerprint density at radius 3 is 2.43 bits per heavy atom. The Morgan fingerprint density at radius 1 is 1.19 bits per heavy atom. The van der Waals surface area contributed by atoms with E-state index in [9.17, 15) is 5.26 Å². The fourth-order valence-electron chi connectivity index (χ4n) is 2.16. The molecule has 0 aliphatic heterocycles. The van der Waals surface area contributed by atoms with Gasteiger partial charge in [-0.3, -0.25) is 0 Å². The summed E-state index contributed by atoms with van der Waals surface area (Å²) in [5, 5.41) is 17.3. The van der Waals surface area contributed by atoms with Crippen LogP contribution in [-0.4, -0.2) is 29.2 Å². The first-order valence-electron chi connectivity index (χ1n) is 6.51. The fourth-order valence-corrected chi connectivity index (χ4v) is 2.16. The largest absolute Gasteiger partial charge is 0.497 e. The van der Waals surface area contributed by atoms with Gasteiger partial charge in [0, 0.05) is 11.5 Å². The van der Waals surface area contributed by atoms with Crippen LogP contribution in [-0.2, 0) is 5.41 Å². The van der Waals surface area contributed by atoms with Crippen molar-refractivity contribution in [3.05, 3.63) is 29.6 Å². The zero-order chi connectivity index (χ0) is 15.6. The number of nitrogens with zero attached hydrogens (tertiary/aromatic N) is 4. The van der Waals surface area contributed by atoms with Gasteiger partial charge in [-0.15, -0.1) is 5.10 Å². The number of hydrogen-bond donors (Lipinski definition) is 0. The molecule has 0 bridgehead atoms. The van der Waals surface area contributed by atoms with Crippen molar-refractivity contribution in [3.8, 4) is 23.3 Å². The first kappa shape index (κ1) is 14.9. The van der Waals surface area contributed by atoms with Gasteiger partial charge in [0.2, 0.25) is 0 Å². The van der Waals surface area contributed by atoms with E-state index in [0.29, 0.717) is 17.2 Å². The number of methoxy groups -OCH3 is 2. The lowest BCUT2D eigenvalue weighted by Gasteiger charge is -2.20. The van der Waals surface area contributed by atoms with Gasteiger partial charge in [-0.05, 0) is 12.1 Å². The Kier molecular flexibility index (Phi) is 3.85. The highest BCUT2D eigenvalue weighted by atomic mass is 16.5. The molecule has 1 aromatic heterocycles. The number of hydrogen-bond acceptors (Lipinski definition) is 5. The molecule has 1 heterocycles. The minimum atomic E-state index is -0.278. The minimum absolute atomic E-state index is 0.278. The predicted molar refractivity (Wildman–Crippen MR) is 77.9 cm³/mol. The third-order valence-corrected chi connectivity index (χ3v) is 3.10. The van der Waals surface area contributed by atoms with E-state index in [4.69, 9.17) is 9.47 Å². The van der Waals surface area contributed by atoms with Crippen LogP contribution in [0.4, 0.5) is 0 Å². The van der Waals surface area contributed by atoms with Crippen molar-refractivity contribution in [1.82, 2.24) is 15.0 Å². The predicted octanol–water partition coefficient (Wildman–Crippen LogP) is 2.45. The molecule has 21 heavy (non-hydrogen) atoms. The Hall–Kier alpha value is -2.55. The lowest BCUT2D eigenvalue weighted by Crippen LogP contribution is -2.19. The molecule has 110 valence electrons. The molecule has 2 rings (SSSR count). The van der Waals surface area contributed by atoms with E-state index in [2.05, 4.69) is 16.4 Å². The molecule has 0 N–H and O–H groups in total. The Bertz CT molecular complexity index is 693. The van der Waals surface area contributed by atoms with E-state index in [1.165, 1.54) is 0 Å². The molecule has 0 aliphatic carbocycles. The van der Waals surface area contributed by atoms with Gasteiger partial charge in [0.05, 0.1) is 19.9 Å². The molecule has 0 atom stereocenters. The zero-order valence-electron chi connectivity index (χ0n) is 12.8.